The number of aromatic nitrogens is 6. The van der Waals surface area contributed by atoms with E-state index in [1.165, 1.54) is 6.26 Å². The molecule has 4 heterocycles. The standard InChI is InChI=1S/C21H18ClN7O2/c1-11(2)25-21(30)15-8-23-20-19(15)26-16(9-24-20)18-14-4-3-12(22)7-17(14)29(27-18)10-13-5-6-31-28-13/h3-9,11H,10H2,1-2H3,(H,23,24)(H,25,30). The third-order valence-electron chi connectivity index (χ3n) is 4.80. The maximum absolute atomic E-state index is 12.6. The Morgan fingerprint density at radius 3 is 2.97 bits per heavy atom. The molecule has 10 heteroatoms. The van der Waals surface area contributed by atoms with Crippen molar-refractivity contribution in [2.24, 2.45) is 0 Å². The number of fused-ring (bicyclic) bond motifs is 2. The minimum Gasteiger partial charge on any atom is -0.364 e. The molecule has 0 aliphatic heterocycles. The van der Waals surface area contributed by atoms with Crippen LogP contribution in [0.1, 0.15) is 29.9 Å². The van der Waals surface area contributed by atoms with Gasteiger partial charge in [0, 0.05) is 28.7 Å². The Hall–Kier alpha value is -3.72. The van der Waals surface area contributed by atoms with Crippen LogP contribution in [0.3, 0.4) is 0 Å². The summed E-state index contributed by atoms with van der Waals surface area (Å²) >= 11 is 6.24. The first-order valence-electron chi connectivity index (χ1n) is 9.70. The minimum atomic E-state index is -0.207. The van der Waals surface area contributed by atoms with Crippen molar-refractivity contribution in [3.63, 3.8) is 0 Å². The minimum absolute atomic E-state index is 0.00881. The largest absolute Gasteiger partial charge is 0.364 e. The fraction of sp³-hybridized carbons (Fsp3) is 0.190. The molecular formula is C21H18ClN7O2. The molecule has 0 saturated carbocycles. The van der Waals surface area contributed by atoms with Gasteiger partial charge in [0.1, 0.15) is 28.9 Å². The summed E-state index contributed by atoms with van der Waals surface area (Å²) < 4.78 is 6.73. The Balaban J connectivity index is 1.64. The zero-order valence-corrected chi connectivity index (χ0v) is 17.5. The Labute approximate surface area is 181 Å². The average molecular weight is 436 g/mol. The lowest BCUT2D eigenvalue weighted by Crippen LogP contribution is -2.29. The van der Waals surface area contributed by atoms with Crippen molar-refractivity contribution in [3.8, 4) is 11.4 Å². The summed E-state index contributed by atoms with van der Waals surface area (Å²) in [6.07, 6.45) is 4.77. The maximum atomic E-state index is 12.6. The summed E-state index contributed by atoms with van der Waals surface area (Å²) in [6, 6.07) is 7.34. The molecule has 1 amide bonds. The van der Waals surface area contributed by atoms with E-state index in [1.54, 1.807) is 29.2 Å². The number of hydrogen-bond acceptors (Lipinski definition) is 6. The van der Waals surface area contributed by atoms with Crippen LogP contribution in [-0.2, 0) is 6.54 Å². The summed E-state index contributed by atoms with van der Waals surface area (Å²) in [6.45, 7) is 4.22. The van der Waals surface area contributed by atoms with Gasteiger partial charge in [-0.2, -0.15) is 5.10 Å². The molecule has 0 saturated heterocycles. The molecular weight excluding hydrogens is 418 g/mol. The quantitative estimate of drug-likeness (QED) is 0.434. The molecule has 0 atom stereocenters. The van der Waals surface area contributed by atoms with Crippen LogP contribution in [0.4, 0.5) is 0 Å². The lowest BCUT2D eigenvalue weighted by atomic mass is 10.1. The van der Waals surface area contributed by atoms with Gasteiger partial charge in [-0.15, -0.1) is 0 Å². The van der Waals surface area contributed by atoms with Crippen LogP contribution in [0.5, 0.6) is 0 Å². The predicted molar refractivity (Wildman–Crippen MR) is 116 cm³/mol. The van der Waals surface area contributed by atoms with Crippen molar-refractivity contribution in [2.45, 2.75) is 26.4 Å². The first-order valence-corrected chi connectivity index (χ1v) is 10.1. The summed E-state index contributed by atoms with van der Waals surface area (Å²) in [5.41, 5.74) is 4.22. The summed E-state index contributed by atoms with van der Waals surface area (Å²) in [5.74, 6) is -0.207. The van der Waals surface area contributed by atoms with Crippen LogP contribution >= 0.6 is 11.6 Å². The van der Waals surface area contributed by atoms with Crippen molar-refractivity contribution in [2.75, 3.05) is 0 Å². The summed E-state index contributed by atoms with van der Waals surface area (Å²) in [5, 5.41) is 13.1. The van der Waals surface area contributed by atoms with Gasteiger partial charge in [0.05, 0.1) is 23.8 Å². The first kappa shape index (κ1) is 19.3. The van der Waals surface area contributed by atoms with E-state index in [0.717, 1.165) is 16.6 Å². The van der Waals surface area contributed by atoms with Crippen molar-refractivity contribution >= 4 is 39.6 Å². The lowest BCUT2D eigenvalue weighted by Gasteiger charge is -2.06. The normalized spacial score (nSPS) is 11.6. The molecule has 0 spiro atoms. The zero-order chi connectivity index (χ0) is 21.5. The zero-order valence-electron chi connectivity index (χ0n) is 16.8. The highest BCUT2D eigenvalue weighted by Crippen LogP contribution is 2.30. The summed E-state index contributed by atoms with van der Waals surface area (Å²) in [7, 11) is 0. The third kappa shape index (κ3) is 3.53. The number of rotatable bonds is 5. The molecule has 1 aromatic carbocycles. The van der Waals surface area contributed by atoms with E-state index in [-0.39, 0.29) is 11.9 Å². The third-order valence-corrected chi connectivity index (χ3v) is 5.04. The Morgan fingerprint density at radius 1 is 1.32 bits per heavy atom. The van der Waals surface area contributed by atoms with Gasteiger partial charge in [-0.1, -0.05) is 16.8 Å². The van der Waals surface area contributed by atoms with Crippen LogP contribution < -0.4 is 5.32 Å². The molecule has 2 N–H and O–H groups in total. The molecule has 0 radical (unpaired) electrons. The van der Waals surface area contributed by atoms with Crippen LogP contribution in [0.15, 0.2) is 47.4 Å². The van der Waals surface area contributed by atoms with Crippen molar-refractivity contribution < 1.29 is 9.32 Å². The van der Waals surface area contributed by atoms with Gasteiger partial charge in [-0.05, 0) is 32.0 Å². The van der Waals surface area contributed by atoms with Crippen LogP contribution in [0.25, 0.3) is 33.5 Å². The van der Waals surface area contributed by atoms with Crippen molar-refractivity contribution in [1.82, 2.24) is 35.2 Å². The lowest BCUT2D eigenvalue weighted by molar-refractivity contribution is 0.0944. The van der Waals surface area contributed by atoms with Gasteiger partial charge in [0.25, 0.3) is 5.91 Å². The molecule has 0 fully saturated rings. The molecule has 0 aliphatic rings. The number of hydrogen-bond donors (Lipinski definition) is 2. The topological polar surface area (TPSA) is 115 Å². The first-order chi connectivity index (χ1) is 15.0. The molecule has 5 rings (SSSR count). The molecule has 31 heavy (non-hydrogen) atoms. The second kappa shape index (κ2) is 7.51. The van der Waals surface area contributed by atoms with E-state index < -0.39 is 0 Å². The SMILES string of the molecule is CC(C)NC(=O)c1c[nH]c2ncc(-c3nn(Cc4ccon4)c4cc(Cl)ccc34)nc12. The summed E-state index contributed by atoms with van der Waals surface area (Å²) in [4.78, 5) is 24.7. The van der Waals surface area contributed by atoms with Crippen molar-refractivity contribution in [3.05, 3.63) is 59.2 Å². The van der Waals surface area contributed by atoms with Gasteiger partial charge < -0.3 is 14.8 Å². The molecule has 0 bridgehead atoms. The fourth-order valence-corrected chi connectivity index (χ4v) is 3.61. The number of amides is 1. The molecule has 0 unspecified atom stereocenters. The predicted octanol–water partition coefficient (Wildman–Crippen LogP) is 3.80. The molecule has 4 aromatic heterocycles. The Kier molecular flexibility index (Phi) is 4.67. The number of benzene rings is 1. The van der Waals surface area contributed by atoms with E-state index in [4.69, 9.17) is 26.2 Å². The van der Waals surface area contributed by atoms with Gasteiger partial charge in [0.2, 0.25) is 0 Å². The van der Waals surface area contributed by atoms with Crippen LogP contribution in [0, 0.1) is 0 Å². The van der Waals surface area contributed by atoms with Gasteiger partial charge in [-0.25, -0.2) is 9.97 Å². The van der Waals surface area contributed by atoms with E-state index >= 15 is 0 Å². The molecule has 156 valence electrons. The number of nitrogens with zero attached hydrogens (tertiary/aromatic N) is 5. The molecule has 5 aromatic rings. The van der Waals surface area contributed by atoms with E-state index in [2.05, 4.69) is 20.4 Å². The van der Waals surface area contributed by atoms with E-state index in [9.17, 15) is 4.79 Å². The Morgan fingerprint density at radius 2 is 2.19 bits per heavy atom. The second-order valence-corrected chi connectivity index (χ2v) is 7.88. The molecule has 9 nitrogen and oxygen atoms in total. The highest BCUT2D eigenvalue weighted by molar-refractivity contribution is 6.31. The van der Waals surface area contributed by atoms with Gasteiger partial charge >= 0.3 is 0 Å². The smallest absolute Gasteiger partial charge is 0.255 e. The number of H-pyrrole nitrogens is 1. The van der Waals surface area contributed by atoms with Gasteiger partial charge in [-0.3, -0.25) is 9.48 Å². The molecule has 0 aliphatic carbocycles. The second-order valence-electron chi connectivity index (χ2n) is 7.44. The highest BCUT2D eigenvalue weighted by Gasteiger charge is 2.19. The van der Waals surface area contributed by atoms with E-state index in [0.29, 0.717) is 39.7 Å². The monoisotopic (exact) mass is 435 g/mol. The maximum Gasteiger partial charge on any atom is 0.255 e. The van der Waals surface area contributed by atoms with E-state index in [1.807, 2.05) is 26.0 Å². The van der Waals surface area contributed by atoms with Crippen LogP contribution in [0.2, 0.25) is 5.02 Å². The number of carbonyl (C=O) groups is 1. The highest BCUT2D eigenvalue weighted by atomic mass is 35.5. The fourth-order valence-electron chi connectivity index (χ4n) is 3.45. The number of aromatic amines is 1. The Bertz CT molecular complexity index is 1400. The average Bonchev–Trinajstić information content (AvgIpc) is 3.46. The number of carbonyl (C=O) groups excluding carboxylic acids is 1. The van der Waals surface area contributed by atoms with Crippen LogP contribution in [-0.4, -0.2) is 41.8 Å². The van der Waals surface area contributed by atoms with Crippen molar-refractivity contribution in [1.29, 1.82) is 0 Å². The number of halogens is 1. The number of nitrogens with one attached hydrogen (secondary N) is 2. The van der Waals surface area contributed by atoms with Gasteiger partial charge in [0.15, 0.2) is 5.65 Å².